The Morgan fingerprint density at radius 3 is 2.50 bits per heavy atom. The molecule has 0 atom stereocenters. The van der Waals surface area contributed by atoms with Crippen LogP contribution in [0.4, 0.5) is 0 Å². The van der Waals surface area contributed by atoms with Gasteiger partial charge in [-0.05, 0) is 113 Å². The Labute approximate surface area is 240 Å². The maximum absolute atomic E-state index is 4.71. The van der Waals surface area contributed by atoms with Gasteiger partial charge in [-0.2, -0.15) is 0 Å². The molecule has 5 rings (SSSR count). The minimum Gasteiger partial charge on any atom is -0.383 e. The summed E-state index contributed by atoms with van der Waals surface area (Å²) in [5.74, 6) is 0.550. The molecular formula is C33H35IN4. The Balaban J connectivity index is 1.26. The summed E-state index contributed by atoms with van der Waals surface area (Å²) < 4.78 is 1.21. The quantitative estimate of drug-likeness (QED) is 0.283. The lowest BCUT2D eigenvalue weighted by Crippen LogP contribution is -2.33. The Morgan fingerprint density at radius 2 is 1.71 bits per heavy atom. The number of hydrogen-bond donors (Lipinski definition) is 1. The average Bonchev–Trinajstić information content (AvgIpc) is 3.03. The fourth-order valence-corrected chi connectivity index (χ4v) is 5.51. The molecule has 1 saturated heterocycles. The lowest BCUT2D eigenvalue weighted by molar-refractivity contribution is 0.192. The van der Waals surface area contributed by atoms with E-state index in [9.17, 15) is 0 Å². The van der Waals surface area contributed by atoms with Crippen molar-refractivity contribution < 1.29 is 0 Å². The summed E-state index contributed by atoms with van der Waals surface area (Å²) in [6.45, 7) is 6.84. The Hall–Kier alpha value is -3.03. The van der Waals surface area contributed by atoms with Crippen LogP contribution in [0.5, 0.6) is 0 Å². The molecule has 194 valence electrons. The van der Waals surface area contributed by atoms with Crippen LogP contribution >= 0.6 is 22.6 Å². The molecule has 38 heavy (non-hydrogen) atoms. The van der Waals surface area contributed by atoms with Crippen molar-refractivity contribution in [3.63, 3.8) is 0 Å². The normalized spacial score (nSPS) is 21.9. The van der Waals surface area contributed by atoms with Gasteiger partial charge in [0.1, 0.15) is 0 Å². The van der Waals surface area contributed by atoms with E-state index < -0.39 is 0 Å². The first-order valence-electron chi connectivity index (χ1n) is 13.4. The fourth-order valence-electron chi connectivity index (χ4n) is 5.16. The van der Waals surface area contributed by atoms with Gasteiger partial charge in [0, 0.05) is 41.0 Å². The van der Waals surface area contributed by atoms with Gasteiger partial charge in [-0.25, -0.2) is 0 Å². The molecule has 5 heteroatoms. The number of hydrogen-bond acceptors (Lipinski definition) is 4. The highest BCUT2D eigenvalue weighted by Crippen LogP contribution is 2.30. The number of nitrogens with zero attached hydrogens (tertiary/aromatic N) is 3. The Bertz CT molecular complexity index is 1330. The summed E-state index contributed by atoms with van der Waals surface area (Å²) in [7, 11) is 0. The molecule has 2 aliphatic rings. The second-order valence-corrected chi connectivity index (χ2v) is 11.3. The first-order valence-corrected chi connectivity index (χ1v) is 14.5. The van der Waals surface area contributed by atoms with Gasteiger partial charge in [-0.1, -0.05) is 60.7 Å². The van der Waals surface area contributed by atoms with Crippen LogP contribution < -0.4 is 5.32 Å². The van der Waals surface area contributed by atoms with Crippen LogP contribution in [0.25, 0.3) is 11.1 Å². The topological polar surface area (TPSA) is 40.5 Å². The molecule has 0 unspecified atom stereocenters. The number of nitrogens with one attached hydrogen (secondary N) is 1. The van der Waals surface area contributed by atoms with E-state index in [0.717, 1.165) is 31.9 Å². The van der Waals surface area contributed by atoms with Crippen molar-refractivity contribution in [2.75, 3.05) is 19.6 Å². The van der Waals surface area contributed by atoms with Gasteiger partial charge in [-0.3, -0.25) is 14.9 Å². The van der Waals surface area contributed by atoms with Gasteiger partial charge in [0.15, 0.2) is 0 Å². The average molecular weight is 615 g/mol. The zero-order valence-electron chi connectivity index (χ0n) is 22.0. The van der Waals surface area contributed by atoms with Crippen molar-refractivity contribution in [2.24, 2.45) is 10.9 Å². The van der Waals surface area contributed by atoms with E-state index >= 15 is 0 Å². The third-order valence-electron chi connectivity index (χ3n) is 7.31. The van der Waals surface area contributed by atoms with Crippen molar-refractivity contribution in [1.29, 1.82) is 0 Å². The first kappa shape index (κ1) is 26.6. The van der Waals surface area contributed by atoms with Gasteiger partial charge < -0.3 is 5.32 Å². The number of pyridine rings is 1. The van der Waals surface area contributed by atoms with Crippen molar-refractivity contribution >= 4 is 28.8 Å². The lowest BCUT2D eigenvalue weighted by atomic mass is 9.87. The minimum atomic E-state index is 0.550. The molecule has 0 saturated carbocycles. The molecule has 1 aromatic heterocycles. The summed E-state index contributed by atoms with van der Waals surface area (Å²) in [6.07, 6.45) is 12.8. The summed E-state index contributed by atoms with van der Waals surface area (Å²) >= 11 is 2.41. The van der Waals surface area contributed by atoms with E-state index in [2.05, 4.69) is 118 Å². The summed E-state index contributed by atoms with van der Waals surface area (Å²) in [6, 6.07) is 23.8. The highest BCUT2D eigenvalue weighted by atomic mass is 127. The summed E-state index contributed by atoms with van der Waals surface area (Å²) in [5.41, 5.74) is 9.01. The van der Waals surface area contributed by atoms with Crippen molar-refractivity contribution in [3.8, 4) is 11.1 Å². The number of piperidine rings is 1. The molecule has 1 N–H and O–H groups in total. The molecule has 2 aromatic carbocycles. The number of aromatic nitrogens is 1. The lowest BCUT2D eigenvalue weighted by Gasteiger charge is -2.33. The predicted molar refractivity (Wildman–Crippen MR) is 167 cm³/mol. The zero-order valence-corrected chi connectivity index (χ0v) is 24.1. The van der Waals surface area contributed by atoms with Crippen molar-refractivity contribution in [1.82, 2.24) is 15.2 Å². The van der Waals surface area contributed by atoms with E-state index in [-0.39, 0.29) is 0 Å². The molecule has 0 radical (unpaired) electrons. The molecule has 3 aromatic rings. The number of allylic oxidation sites excluding steroid dienone is 5. The Kier molecular flexibility index (Phi) is 9.20. The van der Waals surface area contributed by atoms with E-state index in [0.29, 0.717) is 12.5 Å². The van der Waals surface area contributed by atoms with Crippen LogP contribution in [0.3, 0.4) is 0 Å². The predicted octanol–water partition coefficient (Wildman–Crippen LogP) is 7.35. The molecule has 0 bridgehead atoms. The molecule has 3 heterocycles. The van der Waals surface area contributed by atoms with Crippen molar-refractivity contribution in [3.05, 3.63) is 123 Å². The van der Waals surface area contributed by atoms with Crippen LogP contribution in [0.15, 0.2) is 117 Å². The second kappa shape index (κ2) is 13.2. The zero-order chi connectivity index (χ0) is 26.2. The molecule has 0 amide bonds. The fraction of sp³-hybridized carbons (Fsp3) is 0.273. The SMILES string of the molecule is CC1=C(/I)C=NC/C(NCc2cccnc2)=C/C(C2CCN(Cc3cccc(-c4ccccc4)c3)CC2)=C\1. The molecule has 0 spiro atoms. The molecule has 4 nitrogen and oxygen atoms in total. The summed E-state index contributed by atoms with van der Waals surface area (Å²) in [5, 5.41) is 3.63. The van der Waals surface area contributed by atoms with E-state index in [1.54, 1.807) is 0 Å². The molecular weight excluding hydrogens is 579 g/mol. The first-order chi connectivity index (χ1) is 18.6. The second-order valence-electron chi connectivity index (χ2n) is 10.1. The van der Waals surface area contributed by atoms with E-state index in [1.807, 2.05) is 24.7 Å². The third kappa shape index (κ3) is 7.29. The number of likely N-dealkylation sites (tertiary alicyclic amines) is 1. The van der Waals surface area contributed by atoms with Crippen LogP contribution in [0, 0.1) is 5.92 Å². The van der Waals surface area contributed by atoms with Gasteiger partial charge in [0.25, 0.3) is 0 Å². The van der Waals surface area contributed by atoms with E-state index in [1.165, 1.54) is 49.8 Å². The molecule has 1 fully saturated rings. The molecule has 0 aliphatic carbocycles. The molecule has 2 aliphatic heterocycles. The smallest absolute Gasteiger partial charge is 0.0786 e. The van der Waals surface area contributed by atoms with Crippen LogP contribution in [-0.2, 0) is 13.1 Å². The number of aliphatic imine (C=N–C) groups is 1. The van der Waals surface area contributed by atoms with Gasteiger partial charge in [-0.15, -0.1) is 0 Å². The third-order valence-corrected chi connectivity index (χ3v) is 8.44. The number of benzene rings is 2. The Morgan fingerprint density at radius 1 is 0.921 bits per heavy atom. The standard InChI is InChI=1S/C33H35IN4/c1-25-17-31(19-32(22-36-23-33(25)34)37-21-27-8-6-14-35-20-27)29-12-15-38(16-13-29)24-26-7-5-11-30(18-26)28-9-3-2-4-10-28/h2-11,14,17-20,23,29,37H,12-13,15-16,21-22,24H2,1H3/b31-17+,32-19-,33-25-,36-23?. The van der Waals surface area contributed by atoms with Gasteiger partial charge >= 0.3 is 0 Å². The highest BCUT2D eigenvalue weighted by molar-refractivity contribution is 14.1. The van der Waals surface area contributed by atoms with Crippen molar-refractivity contribution in [2.45, 2.75) is 32.9 Å². The highest BCUT2D eigenvalue weighted by Gasteiger charge is 2.22. The van der Waals surface area contributed by atoms with Crippen LogP contribution in [0.1, 0.15) is 30.9 Å². The summed E-state index contributed by atoms with van der Waals surface area (Å²) in [4.78, 5) is 11.6. The number of halogens is 1. The van der Waals surface area contributed by atoms with E-state index in [4.69, 9.17) is 4.99 Å². The minimum absolute atomic E-state index is 0.550. The maximum Gasteiger partial charge on any atom is 0.0786 e. The largest absolute Gasteiger partial charge is 0.383 e. The number of rotatable bonds is 7. The van der Waals surface area contributed by atoms with Gasteiger partial charge in [0.05, 0.1) is 6.54 Å². The maximum atomic E-state index is 4.71. The van der Waals surface area contributed by atoms with Gasteiger partial charge in [0.2, 0.25) is 0 Å². The monoisotopic (exact) mass is 614 g/mol. The van der Waals surface area contributed by atoms with Crippen LogP contribution in [-0.4, -0.2) is 35.7 Å². The van der Waals surface area contributed by atoms with Crippen LogP contribution in [0.2, 0.25) is 0 Å².